The lowest BCUT2D eigenvalue weighted by atomic mass is 10.1. The van der Waals surface area contributed by atoms with Crippen LogP contribution in [0.2, 0.25) is 0 Å². The molecule has 0 saturated heterocycles. The van der Waals surface area contributed by atoms with Crippen LogP contribution < -0.4 is 0 Å². The average Bonchev–Trinajstić information content (AvgIpc) is 2.86. The number of rotatable bonds is 5. The van der Waals surface area contributed by atoms with Gasteiger partial charge in [0.15, 0.2) is 5.78 Å². The summed E-state index contributed by atoms with van der Waals surface area (Å²) in [6.45, 7) is 2.10. The minimum absolute atomic E-state index is 0.0807. The van der Waals surface area contributed by atoms with E-state index < -0.39 is 5.97 Å². The largest absolute Gasteiger partial charge is 0.500 e. The van der Waals surface area contributed by atoms with Crippen molar-refractivity contribution in [3.63, 3.8) is 0 Å². The highest BCUT2D eigenvalue weighted by atomic mass is 16.5. The van der Waals surface area contributed by atoms with Crippen molar-refractivity contribution in [1.29, 1.82) is 0 Å². The van der Waals surface area contributed by atoms with Gasteiger partial charge in [-0.25, -0.2) is 4.79 Å². The molecule has 0 radical (unpaired) electrons. The van der Waals surface area contributed by atoms with E-state index in [1.807, 2.05) is 0 Å². The number of carbonyl (C=O) groups is 2. The highest BCUT2D eigenvalue weighted by molar-refractivity contribution is 6.17. The molecule has 0 atom stereocenters. The van der Waals surface area contributed by atoms with Gasteiger partial charge in [0.05, 0.1) is 6.61 Å². The predicted octanol–water partition coefficient (Wildman–Crippen LogP) is 0.970. The summed E-state index contributed by atoms with van der Waals surface area (Å²) in [5, 5.41) is 8.68. The standard InChI is InChI=1S/C9H12O4/c1-2-13-5-7(9(11)12)8(10)6-3-4-6/h5-6H,2-4H2,1H3,(H,11,12). The quantitative estimate of drug-likeness (QED) is 0.299. The van der Waals surface area contributed by atoms with Crippen molar-refractivity contribution in [1.82, 2.24) is 0 Å². The van der Waals surface area contributed by atoms with E-state index in [2.05, 4.69) is 0 Å². The van der Waals surface area contributed by atoms with Crippen LogP contribution in [0.25, 0.3) is 0 Å². The summed E-state index contributed by atoms with van der Waals surface area (Å²) in [5.41, 5.74) is -0.232. The number of aliphatic carboxylic acids is 1. The molecule has 0 aromatic rings. The van der Waals surface area contributed by atoms with E-state index in [4.69, 9.17) is 9.84 Å². The van der Waals surface area contributed by atoms with Crippen molar-refractivity contribution in [2.75, 3.05) is 6.61 Å². The normalized spacial score (nSPS) is 16.8. The third-order valence-electron chi connectivity index (χ3n) is 1.81. The molecule has 1 N–H and O–H groups in total. The molecule has 1 rings (SSSR count). The van der Waals surface area contributed by atoms with Crippen molar-refractivity contribution >= 4 is 11.8 Å². The first kappa shape index (κ1) is 9.77. The molecule has 0 unspecified atom stereocenters. The smallest absolute Gasteiger partial charge is 0.342 e. The average molecular weight is 184 g/mol. The number of ketones is 1. The fraction of sp³-hybridized carbons (Fsp3) is 0.556. The second kappa shape index (κ2) is 4.07. The van der Waals surface area contributed by atoms with Gasteiger partial charge in [0.2, 0.25) is 0 Å². The van der Waals surface area contributed by atoms with E-state index in [-0.39, 0.29) is 17.3 Å². The van der Waals surface area contributed by atoms with Crippen molar-refractivity contribution in [2.24, 2.45) is 5.92 Å². The van der Waals surface area contributed by atoms with E-state index in [0.717, 1.165) is 19.1 Å². The molecule has 1 fully saturated rings. The number of carbonyl (C=O) groups excluding carboxylic acids is 1. The lowest BCUT2D eigenvalue weighted by molar-refractivity contribution is -0.135. The van der Waals surface area contributed by atoms with Gasteiger partial charge in [-0.15, -0.1) is 0 Å². The second-order valence-electron chi connectivity index (χ2n) is 2.93. The molecule has 4 heteroatoms. The summed E-state index contributed by atoms with van der Waals surface area (Å²) >= 11 is 0. The van der Waals surface area contributed by atoms with Crippen LogP contribution in [0.3, 0.4) is 0 Å². The number of ether oxygens (including phenoxy) is 1. The predicted molar refractivity (Wildman–Crippen MR) is 45.1 cm³/mol. The Labute approximate surface area is 76.2 Å². The monoisotopic (exact) mass is 184 g/mol. The van der Waals surface area contributed by atoms with Gasteiger partial charge in [-0.3, -0.25) is 4.79 Å². The molecule has 0 aromatic heterocycles. The van der Waals surface area contributed by atoms with Crippen LogP contribution >= 0.6 is 0 Å². The van der Waals surface area contributed by atoms with Gasteiger partial charge >= 0.3 is 5.97 Å². The zero-order valence-corrected chi connectivity index (χ0v) is 7.45. The van der Waals surface area contributed by atoms with E-state index in [0.29, 0.717) is 6.61 Å². The van der Waals surface area contributed by atoms with Crippen LogP contribution in [0.5, 0.6) is 0 Å². The second-order valence-corrected chi connectivity index (χ2v) is 2.93. The number of carboxylic acids is 1. The molecule has 13 heavy (non-hydrogen) atoms. The molecule has 1 aliphatic carbocycles. The summed E-state index contributed by atoms with van der Waals surface area (Å²) in [6, 6.07) is 0. The number of Topliss-reactive ketones (excluding diaryl/α,β-unsaturated/α-hetero) is 1. The Morgan fingerprint density at radius 3 is 2.54 bits per heavy atom. The van der Waals surface area contributed by atoms with Crippen molar-refractivity contribution < 1.29 is 19.4 Å². The molecule has 0 spiro atoms. The van der Waals surface area contributed by atoms with Crippen molar-refractivity contribution in [3.05, 3.63) is 11.8 Å². The van der Waals surface area contributed by atoms with Crippen LogP contribution in [0.15, 0.2) is 11.8 Å². The fourth-order valence-corrected chi connectivity index (χ4v) is 0.946. The summed E-state index contributed by atoms with van der Waals surface area (Å²) in [7, 11) is 0. The first-order valence-corrected chi connectivity index (χ1v) is 4.26. The highest BCUT2D eigenvalue weighted by Gasteiger charge is 2.34. The summed E-state index contributed by atoms with van der Waals surface area (Å²) < 4.78 is 4.79. The van der Waals surface area contributed by atoms with E-state index in [1.165, 1.54) is 0 Å². The third kappa shape index (κ3) is 2.57. The fourth-order valence-electron chi connectivity index (χ4n) is 0.946. The zero-order valence-electron chi connectivity index (χ0n) is 7.45. The van der Waals surface area contributed by atoms with Crippen molar-refractivity contribution in [3.8, 4) is 0 Å². The van der Waals surface area contributed by atoms with Crippen LogP contribution in [-0.4, -0.2) is 23.5 Å². The molecule has 0 heterocycles. The Kier molecular flexibility index (Phi) is 3.06. The van der Waals surface area contributed by atoms with Crippen LogP contribution in [0, 0.1) is 5.92 Å². The van der Waals surface area contributed by atoms with Crippen LogP contribution in [0.1, 0.15) is 19.8 Å². The van der Waals surface area contributed by atoms with E-state index in [9.17, 15) is 9.59 Å². The first-order chi connectivity index (χ1) is 6.16. The molecule has 0 aliphatic heterocycles. The molecule has 0 aromatic carbocycles. The number of hydrogen-bond acceptors (Lipinski definition) is 3. The molecule has 1 aliphatic rings. The molecule has 4 nitrogen and oxygen atoms in total. The third-order valence-corrected chi connectivity index (χ3v) is 1.81. The van der Waals surface area contributed by atoms with Crippen LogP contribution in [-0.2, 0) is 14.3 Å². The molecule has 0 amide bonds. The van der Waals surface area contributed by atoms with E-state index in [1.54, 1.807) is 6.92 Å². The molecule has 1 saturated carbocycles. The number of carboxylic acid groups (broad SMARTS) is 1. The summed E-state index contributed by atoms with van der Waals surface area (Å²) in [6.07, 6.45) is 2.65. The minimum atomic E-state index is -1.20. The Balaban J connectivity index is 2.65. The topological polar surface area (TPSA) is 63.6 Å². The Bertz CT molecular complexity index is 250. The summed E-state index contributed by atoms with van der Waals surface area (Å²) in [4.78, 5) is 21.9. The zero-order chi connectivity index (χ0) is 9.84. The van der Waals surface area contributed by atoms with Crippen LogP contribution in [0.4, 0.5) is 0 Å². The van der Waals surface area contributed by atoms with Gasteiger partial charge in [-0.05, 0) is 19.8 Å². The molecular weight excluding hydrogens is 172 g/mol. The highest BCUT2D eigenvalue weighted by Crippen LogP contribution is 2.32. The SMILES string of the molecule is CCOC=C(C(=O)O)C(=O)C1CC1. The molecule has 72 valence electrons. The Morgan fingerprint density at radius 2 is 2.15 bits per heavy atom. The lowest BCUT2D eigenvalue weighted by Crippen LogP contribution is -2.14. The maximum Gasteiger partial charge on any atom is 0.342 e. The molecular formula is C9H12O4. The first-order valence-electron chi connectivity index (χ1n) is 4.26. The van der Waals surface area contributed by atoms with Gasteiger partial charge in [0.1, 0.15) is 11.8 Å². The maximum absolute atomic E-state index is 11.3. The van der Waals surface area contributed by atoms with Gasteiger partial charge < -0.3 is 9.84 Å². The number of hydrogen-bond donors (Lipinski definition) is 1. The van der Waals surface area contributed by atoms with E-state index >= 15 is 0 Å². The maximum atomic E-state index is 11.3. The van der Waals surface area contributed by atoms with Gasteiger partial charge in [0, 0.05) is 5.92 Å². The summed E-state index contributed by atoms with van der Waals surface area (Å²) in [5.74, 6) is -1.59. The van der Waals surface area contributed by atoms with Crippen molar-refractivity contribution in [2.45, 2.75) is 19.8 Å². The Morgan fingerprint density at radius 1 is 1.54 bits per heavy atom. The minimum Gasteiger partial charge on any atom is -0.500 e. The molecule has 0 bridgehead atoms. The van der Waals surface area contributed by atoms with Gasteiger partial charge in [0.25, 0.3) is 0 Å². The Hall–Kier alpha value is -1.32. The van der Waals surface area contributed by atoms with Gasteiger partial charge in [-0.2, -0.15) is 0 Å². The van der Waals surface area contributed by atoms with Gasteiger partial charge in [-0.1, -0.05) is 0 Å². The lowest BCUT2D eigenvalue weighted by Gasteiger charge is -2.00.